The molecule has 27 heavy (non-hydrogen) atoms. The molecule has 0 saturated carbocycles. The molecule has 0 N–H and O–H groups in total. The van der Waals surface area contributed by atoms with Crippen LogP contribution in [0.15, 0.2) is 36.4 Å². The Morgan fingerprint density at radius 2 is 1.56 bits per heavy atom. The zero-order valence-electron chi connectivity index (χ0n) is 14.2. The number of hydrogen-bond acceptors (Lipinski definition) is 3. The molecule has 0 atom stereocenters. The maximum Gasteiger partial charge on any atom is 0.253 e. The Labute approximate surface area is 153 Å². The van der Waals surface area contributed by atoms with Gasteiger partial charge >= 0.3 is 0 Å². The fourth-order valence-electron chi connectivity index (χ4n) is 3.20. The van der Waals surface area contributed by atoms with Gasteiger partial charge in [-0.3, -0.25) is 9.59 Å². The second kappa shape index (κ2) is 7.62. The lowest BCUT2D eigenvalue weighted by Gasteiger charge is -2.31. The zero-order valence-corrected chi connectivity index (χ0v) is 14.2. The Hall–Kier alpha value is -3.14. The number of benzene rings is 2. The van der Waals surface area contributed by atoms with Crippen LogP contribution in [0, 0.1) is 34.7 Å². The van der Waals surface area contributed by atoms with E-state index in [9.17, 15) is 22.8 Å². The smallest absolute Gasteiger partial charge is 0.253 e. The van der Waals surface area contributed by atoms with Gasteiger partial charge in [0, 0.05) is 36.7 Å². The van der Waals surface area contributed by atoms with E-state index < -0.39 is 34.7 Å². The minimum atomic E-state index is -1.21. The topological polar surface area (TPSA) is 61.2 Å². The third-order valence-electron chi connectivity index (χ3n) is 4.67. The van der Waals surface area contributed by atoms with Crippen LogP contribution < -0.4 is 0 Å². The van der Waals surface area contributed by atoms with Crippen molar-refractivity contribution in [1.82, 2.24) is 4.90 Å². The highest BCUT2D eigenvalue weighted by atomic mass is 19.1. The van der Waals surface area contributed by atoms with Crippen molar-refractivity contribution in [3.63, 3.8) is 0 Å². The number of carbonyl (C=O) groups excluding carboxylic acids is 2. The molecule has 0 aromatic heterocycles. The van der Waals surface area contributed by atoms with Crippen LogP contribution in [0.2, 0.25) is 0 Å². The summed E-state index contributed by atoms with van der Waals surface area (Å²) < 4.78 is 40.6. The summed E-state index contributed by atoms with van der Waals surface area (Å²) in [5.74, 6) is -5.09. The molecule has 1 fully saturated rings. The van der Waals surface area contributed by atoms with E-state index >= 15 is 0 Å². The Balaban J connectivity index is 1.67. The predicted octanol–water partition coefficient (Wildman–Crippen LogP) is 3.71. The third-order valence-corrected chi connectivity index (χ3v) is 4.67. The number of likely N-dealkylation sites (tertiary alicyclic amines) is 1. The lowest BCUT2D eigenvalue weighted by Crippen LogP contribution is -2.40. The molecule has 0 radical (unpaired) electrons. The minimum Gasteiger partial charge on any atom is -0.339 e. The number of ketones is 1. The quantitative estimate of drug-likeness (QED) is 0.772. The van der Waals surface area contributed by atoms with Gasteiger partial charge in [0.15, 0.2) is 5.78 Å². The third kappa shape index (κ3) is 3.85. The summed E-state index contributed by atoms with van der Waals surface area (Å²) in [7, 11) is 0. The lowest BCUT2D eigenvalue weighted by atomic mass is 9.88. The van der Waals surface area contributed by atoms with Gasteiger partial charge in [0.1, 0.15) is 17.5 Å². The van der Waals surface area contributed by atoms with Gasteiger partial charge in [-0.1, -0.05) is 0 Å². The summed E-state index contributed by atoms with van der Waals surface area (Å²) in [6.07, 6.45) is 0.522. The minimum absolute atomic E-state index is 0.232. The summed E-state index contributed by atoms with van der Waals surface area (Å²) in [6, 6.07) is 9.15. The number of carbonyl (C=O) groups is 2. The molecule has 1 amide bonds. The summed E-state index contributed by atoms with van der Waals surface area (Å²) in [5, 5.41) is 8.79. The first-order chi connectivity index (χ1) is 12.9. The summed E-state index contributed by atoms with van der Waals surface area (Å²) in [6.45, 7) is 0.527. The Kier molecular flexibility index (Phi) is 5.26. The first-order valence-electron chi connectivity index (χ1n) is 8.39. The van der Waals surface area contributed by atoms with E-state index in [4.69, 9.17) is 5.26 Å². The molecule has 3 rings (SSSR count). The number of amides is 1. The average molecular weight is 372 g/mol. The molecule has 4 nitrogen and oxygen atoms in total. The molecule has 1 aliphatic rings. The molecule has 2 aromatic rings. The van der Waals surface area contributed by atoms with Crippen LogP contribution in [0.3, 0.4) is 0 Å². The number of halogens is 3. The SMILES string of the molecule is N#Cc1ccc(C(=O)N2CCC(C(=O)c3c(F)cc(F)cc3F)CC2)cc1. The Bertz CT molecular complexity index is 904. The standard InChI is InChI=1S/C20H15F3N2O2/c21-15-9-16(22)18(17(23)10-15)19(26)13-5-7-25(8-6-13)20(27)14-3-1-12(11-24)2-4-14/h1-4,9-10,13H,5-8H2. The molecule has 7 heteroatoms. The van der Waals surface area contributed by atoms with Crippen molar-refractivity contribution in [2.24, 2.45) is 5.92 Å². The highest BCUT2D eigenvalue weighted by molar-refractivity contribution is 5.99. The number of nitrogens with zero attached hydrogens (tertiary/aromatic N) is 2. The van der Waals surface area contributed by atoms with Gasteiger partial charge in [-0.05, 0) is 37.1 Å². The van der Waals surface area contributed by atoms with Crippen molar-refractivity contribution >= 4 is 11.7 Å². The van der Waals surface area contributed by atoms with Gasteiger partial charge in [0.2, 0.25) is 0 Å². The normalized spacial score (nSPS) is 14.7. The molecule has 1 saturated heterocycles. The van der Waals surface area contributed by atoms with Gasteiger partial charge in [-0.15, -0.1) is 0 Å². The lowest BCUT2D eigenvalue weighted by molar-refractivity contribution is 0.0647. The van der Waals surface area contributed by atoms with Gasteiger partial charge in [0.05, 0.1) is 17.2 Å². The maximum absolute atomic E-state index is 13.8. The number of nitriles is 1. The molecular weight excluding hydrogens is 357 g/mol. The molecule has 0 aliphatic carbocycles. The van der Waals surface area contributed by atoms with E-state index in [0.717, 1.165) is 0 Å². The molecule has 0 unspecified atom stereocenters. The zero-order chi connectivity index (χ0) is 19.6. The van der Waals surface area contributed by atoms with E-state index in [1.807, 2.05) is 6.07 Å². The van der Waals surface area contributed by atoms with Crippen LogP contribution in [-0.4, -0.2) is 29.7 Å². The summed E-state index contributed by atoms with van der Waals surface area (Å²) >= 11 is 0. The van der Waals surface area contributed by atoms with Gasteiger partial charge in [-0.25, -0.2) is 13.2 Å². The fraction of sp³-hybridized carbons (Fsp3) is 0.250. The van der Waals surface area contributed by atoms with Gasteiger partial charge in [-0.2, -0.15) is 5.26 Å². The van der Waals surface area contributed by atoms with E-state index in [0.29, 0.717) is 23.3 Å². The summed E-state index contributed by atoms with van der Waals surface area (Å²) in [5.41, 5.74) is 0.141. The average Bonchev–Trinajstić information content (AvgIpc) is 2.66. The molecule has 138 valence electrons. The highest BCUT2D eigenvalue weighted by Crippen LogP contribution is 2.26. The van der Waals surface area contributed by atoms with Crippen molar-refractivity contribution in [2.75, 3.05) is 13.1 Å². The number of hydrogen-bond donors (Lipinski definition) is 0. The van der Waals surface area contributed by atoms with Crippen LogP contribution in [0.25, 0.3) is 0 Å². The number of piperidine rings is 1. The van der Waals surface area contributed by atoms with Crippen molar-refractivity contribution in [1.29, 1.82) is 5.26 Å². The fourth-order valence-corrected chi connectivity index (χ4v) is 3.20. The van der Waals surface area contributed by atoms with Crippen LogP contribution in [-0.2, 0) is 0 Å². The van der Waals surface area contributed by atoms with Gasteiger partial charge < -0.3 is 4.90 Å². The highest BCUT2D eigenvalue weighted by Gasteiger charge is 2.31. The van der Waals surface area contributed by atoms with E-state index in [1.54, 1.807) is 29.2 Å². The molecule has 1 heterocycles. The van der Waals surface area contributed by atoms with Crippen LogP contribution in [0.4, 0.5) is 13.2 Å². The number of Topliss-reactive ketones (excluding diaryl/α,β-unsaturated/α-hetero) is 1. The predicted molar refractivity (Wildman–Crippen MR) is 90.4 cm³/mol. The molecule has 2 aromatic carbocycles. The molecule has 0 spiro atoms. The Morgan fingerprint density at radius 3 is 2.07 bits per heavy atom. The van der Waals surface area contributed by atoms with Crippen LogP contribution >= 0.6 is 0 Å². The van der Waals surface area contributed by atoms with Crippen molar-refractivity contribution in [2.45, 2.75) is 12.8 Å². The molecule has 0 bridgehead atoms. The second-order valence-electron chi connectivity index (χ2n) is 6.36. The van der Waals surface area contributed by atoms with Crippen LogP contribution in [0.1, 0.15) is 39.1 Å². The van der Waals surface area contributed by atoms with Gasteiger partial charge in [0.25, 0.3) is 5.91 Å². The monoisotopic (exact) mass is 372 g/mol. The van der Waals surface area contributed by atoms with Crippen LogP contribution in [0.5, 0.6) is 0 Å². The second-order valence-corrected chi connectivity index (χ2v) is 6.36. The van der Waals surface area contributed by atoms with Crippen molar-refractivity contribution in [3.8, 4) is 6.07 Å². The summed E-state index contributed by atoms with van der Waals surface area (Å²) in [4.78, 5) is 26.5. The first kappa shape index (κ1) is 18.6. The first-order valence-corrected chi connectivity index (χ1v) is 8.39. The Morgan fingerprint density at radius 1 is 1.00 bits per heavy atom. The van der Waals surface area contributed by atoms with E-state index in [-0.39, 0.29) is 31.8 Å². The van der Waals surface area contributed by atoms with E-state index in [2.05, 4.69) is 0 Å². The molecular formula is C20H15F3N2O2. The van der Waals surface area contributed by atoms with Crippen molar-refractivity contribution in [3.05, 3.63) is 70.5 Å². The molecule has 1 aliphatic heterocycles. The largest absolute Gasteiger partial charge is 0.339 e. The van der Waals surface area contributed by atoms with Crippen molar-refractivity contribution < 1.29 is 22.8 Å². The van der Waals surface area contributed by atoms with E-state index in [1.165, 1.54) is 0 Å². The maximum atomic E-state index is 13.8. The number of rotatable bonds is 3.